The summed E-state index contributed by atoms with van der Waals surface area (Å²) in [6, 6.07) is 11.6. The van der Waals surface area contributed by atoms with Crippen LogP contribution < -0.4 is 0 Å². The number of rotatable bonds is 4. The Morgan fingerprint density at radius 1 is 1.14 bits per heavy atom. The van der Waals surface area contributed by atoms with E-state index in [2.05, 4.69) is 45.4 Å². The molecule has 2 aromatic rings. The minimum atomic E-state index is 0.594. The lowest BCUT2D eigenvalue weighted by Gasteiger charge is -2.39. The van der Waals surface area contributed by atoms with Crippen LogP contribution in [0.5, 0.6) is 0 Å². The highest BCUT2D eigenvalue weighted by Crippen LogP contribution is 2.29. The van der Waals surface area contributed by atoms with Crippen LogP contribution in [0.25, 0.3) is 5.69 Å². The molecule has 0 radical (unpaired) electrons. The van der Waals surface area contributed by atoms with E-state index in [1.165, 1.54) is 25.9 Å². The van der Waals surface area contributed by atoms with E-state index in [1.807, 2.05) is 22.9 Å². The van der Waals surface area contributed by atoms with Crippen molar-refractivity contribution in [3.05, 3.63) is 42.2 Å². The van der Waals surface area contributed by atoms with Crippen molar-refractivity contribution in [3.63, 3.8) is 0 Å². The highest BCUT2D eigenvalue weighted by atomic mass is 15.4. The van der Waals surface area contributed by atoms with Crippen LogP contribution in [0.4, 0.5) is 0 Å². The van der Waals surface area contributed by atoms with Crippen molar-refractivity contribution in [3.8, 4) is 5.69 Å². The van der Waals surface area contributed by atoms with E-state index < -0.39 is 0 Å². The van der Waals surface area contributed by atoms with Gasteiger partial charge in [0.2, 0.25) is 0 Å². The highest BCUT2D eigenvalue weighted by Gasteiger charge is 2.34. The maximum Gasteiger partial charge on any atom is 0.0971 e. The van der Waals surface area contributed by atoms with Crippen LogP contribution in [-0.2, 0) is 6.54 Å². The van der Waals surface area contributed by atoms with Crippen molar-refractivity contribution in [2.24, 2.45) is 0 Å². The van der Waals surface area contributed by atoms with Crippen molar-refractivity contribution < 1.29 is 0 Å². The van der Waals surface area contributed by atoms with Crippen LogP contribution in [0.15, 0.2) is 36.5 Å². The zero-order valence-electron chi connectivity index (χ0n) is 13.1. The van der Waals surface area contributed by atoms with Crippen molar-refractivity contribution in [1.82, 2.24) is 24.8 Å². The van der Waals surface area contributed by atoms with Gasteiger partial charge in [-0.2, -0.15) is 0 Å². The lowest BCUT2D eigenvalue weighted by molar-refractivity contribution is 0.0720. The van der Waals surface area contributed by atoms with Gasteiger partial charge in [-0.3, -0.25) is 9.80 Å². The van der Waals surface area contributed by atoms with Gasteiger partial charge in [0, 0.05) is 38.3 Å². The average molecular weight is 297 g/mol. The molecule has 0 amide bonds. The molecule has 1 aliphatic heterocycles. The molecule has 2 fully saturated rings. The Hall–Kier alpha value is -1.72. The molecule has 2 heterocycles. The van der Waals surface area contributed by atoms with Crippen molar-refractivity contribution in [2.75, 3.05) is 19.6 Å². The fourth-order valence-electron chi connectivity index (χ4n) is 3.32. The largest absolute Gasteiger partial charge is 0.298 e. The summed E-state index contributed by atoms with van der Waals surface area (Å²) in [5.74, 6) is 0. The second-order valence-corrected chi connectivity index (χ2v) is 6.54. The van der Waals surface area contributed by atoms with Gasteiger partial charge in [0.1, 0.15) is 0 Å². The predicted octanol–water partition coefficient (Wildman–Crippen LogP) is 1.94. The molecule has 116 valence electrons. The first-order valence-corrected chi connectivity index (χ1v) is 8.24. The van der Waals surface area contributed by atoms with E-state index in [1.54, 1.807) is 0 Å². The van der Waals surface area contributed by atoms with E-state index >= 15 is 0 Å². The molecule has 5 nitrogen and oxygen atoms in total. The van der Waals surface area contributed by atoms with Crippen molar-refractivity contribution in [1.29, 1.82) is 0 Å². The smallest absolute Gasteiger partial charge is 0.0971 e. The fraction of sp³-hybridized carbons (Fsp3) is 0.529. The fourth-order valence-corrected chi connectivity index (χ4v) is 3.32. The van der Waals surface area contributed by atoms with Gasteiger partial charge in [-0.05, 0) is 31.9 Å². The Labute approximate surface area is 131 Å². The molecular formula is C17H23N5. The van der Waals surface area contributed by atoms with Gasteiger partial charge in [0.25, 0.3) is 0 Å². The summed E-state index contributed by atoms with van der Waals surface area (Å²) in [6.07, 6.45) is 4.85. The number of piperazine rings is 1. The molecule has 5 heteroatoms. The second-order valence-electron chi connectivity index (χ2n) is 6.54. The Bertz CT molecular complexity index is 619. The number of nitrogens with zero attached hydrogens (tertiary/aromatic N) is 5. The maximum absolute atomic E-state index is 4.35. The summed E-state index contributed by atoms with van der Waals surface area (Å²) >= 11 is 0. The van der Waals surface area contributed by atoms with E-state index in [4.69, 9.17) is 0 Å². The van der Waals surface area contributed by atoms with E-state index in [0.717, 1.165) is 30.5 Å². The molecule has 2 aliphatic rings. The van der Waals surface area contributed by atoms with Gasteiger partial charge >= 0.3 is 0 Å². The maximum atomic E-state index is 4.35. The van der Waals surface area contributed by atoms with Crippen LogP contribution in [-0.4, -0.2) is 56.5 Å². The minimum absolute atomic E-state index is 0.594. The normalized spacial score (nSPS) is 23.8. The summed E-state index contributed by atoms with van der Waals surface area (Å²) in [4.78, 5) is 5.18. The summed E-state index contributed by atoms with van der Waals surface area (Å²) in [7, 11) is 0. The molecular weight excluding hydrogens is 274 g/mol. The number of hydrogen-bond acceptors (Lipinski definition) is 4. The minimum Gasteiger partial charge on any atom is -0.298 e. The van der Waals surface area contributed by atoms with Crippen LogP contribution in [0.1, 0.15) is 25.5 Å². The Kier molecular flexibility index (Phi) is 3.68. The third kappa shape index (κ3) is 2.91. The number of benzene rings is 1. The zero-order chi connectivity index (χ0) is 14.9. The lowest BCUT2D eigenvalue weighted by atomic mass is 10.2. The molecule has 0 spiro atoms. The second kappa shape index (κ2) is 5.82. The van der Waals surface area contributed by atoms with Crippen molar-refractivity contribution >= 4 is 0 Å². The van der Waals surface area contributed by atoms with E-state index in [-0.39, 0.29) is 0 Å². The first-order chi connectivity index (χ1) is 10.8. The molecule has 1 aromatic heterocycles. The van der Waals surface area contributed by atoms with E-state index in [0.29, 0.717) is 6.04 Å². The topological polar surface area (TPSA) is 37.2 Å². The first kappa shape index (κ1) is 13.9. The van der Waals surface area contributed by atoms with Gasteiger partial charge in [0.15, 0.2) is 0 Å². The third-order valence-electron chi connectivity index (χ3n) is 4.79. The quantitative estimate of drug-likeness (QED) is 0.864. The molecule has 0 N–H and O–H groups in total. The van der Waals surface area contributed by atoms with Gasteiger partial charge in [-0.15, -0.1) is 5.10 Å². The Morgan fingerprint density at radius 3 is 2.68 bits per heavy atom. The van der Waals surface area contributed by atoms with Gasteiger partial charge < -0.3 is 0 Å². The Morgan fingerprint density at radius 2 is 1.95 bits per heavy atom. The van der Waals surface area contributed by atoms with Gasteiger partial charge in [-0.1, -0.05) is 23.4 Å². The molecule has 1 aromatic carbocycles. The average Bonchev–Trinajstić information content (AvgIpc) is 3.29. The molecule has 1 saturated heterocycles. The monoisotopic (exact) mass is 297 g/mol. The predicted molar refractivity (Wildman–Crippen MR) is 85.8 cm³/mol. The molecule has 1 aliphatic carbocycles. The number of para-hydroxylation sites is 1. The molecule has 1 unspecified atom stereocenters. The third-order valence-corrected chi connectivity index (χ3v) is 4.79. The SMILES string of the molecule is CC1CN(C2CC2)CCN1Cc1cn(-c2ccccc2)nn1. The van der Waals surface area contributed by atoms with Crippen LogP contribution in [0.3, 0.4) is 0 Å². The summed E-state index contributed by atoms with van der Waals surface area (Å²) in [5, 5.41) is 8.61. The summed E-state index contributed by atoms with van der Waals surface area (Å²) in [5.41, 5.74) is 2.11. The molecule has 22 heavy (non-hydrogen) atoms. The standard InChI is InChI=1S/C17H23N5/c1-14-11-21(16-7-8-16)10-9-20(14)12-15-13-22(19-18-15)17-5-3-2-4-6-17/h2-6,13-14,16H,7-12H2,1H3. The molecule has 1 atom stereocenters. The van der Waals surface area contributed by atoms with Crippen LogP contribution in [0.2, 0.25) is 0 Å². The van der Waals surface area contributed by atoms with Crippen molar-refractivity contribution in [2.45, 2.75) is 38.4 Å². The first-order valence-electron chi connectivity index (χ1n) is 8.24. The van der Waals surface area contributed by atoms with Gasteiger partial charge in [0.05, 0.1) is 17.6 Å². The number of hydrogen-bond donors (Lipinski definition) is 0. The molecule has 1 saturated carbocycles. The summed E-state index contributed by atoms with van der Waals surface area (Å²) in [6.45, 7) is 6.75. The zero-order valence-corrected chi connectivity index (χ0v) is 13.1. The van der Waals surface area contributed by atoms with E-state index in [9.17, 15) is 0 Å². The van der Waals surface area contributed by atoms with Crippen LogP contribution in [0, 0.1) is 0 Å². The molecule has 0 bridgehead atoms. The van der Waals surface area contributed by atoms with Crippen LogP contribution >= 0.6 is 0 Å². The highest BCUT2D eigenvalue weighted by molar-refractivity contribution is 5.29. The Balaban J connectivity index is 1.40. The molecule has 4 rings (SSSR count). The summed E-state index contributed by atoms with van der Waals surface area (Å²) < 4.78 is 1.86. The lowest BCUT2D eigenvalue weighted by Crippen LogP contribution is -2.52. The van der Waals surface area contributed by atoms with Gasteiger partial charge in [-0.25, -0.2) is 4.68 Å². The number of aromatic nitrogens is 3.